The maximum Gasteiger partial charge on any atom is 0.217 e. The Bertz CT molecular complexity index is 231. The molecule has 2 heterocycles. The van der Waals surface area contributed by atoms with Crippen molar-refractivity contribution < 1.29 is 19.0 Å². The van der Waals surface area contributed by atoms with Gasteiger partial charge in [0.25, 0.3) is 0 Å². The maximum absolute atomic E-state index is 8.75. The van der Waals surface area contributed by atoms with E-state index in [4.69, 9.17) is 19.0 Å². The predicted octanol–water partition coefficient (Wildman–Crippen LogP) is 0.686. The number of aliphatic hydroxyl groups excluding tert-OH is 1. The summed E-state index contributed by atoms with van der Waals surface area (Å²) in [7, 11) is 0. The Labute approximate surface area is 69.7 Å². The summed E-state index contributed by atoms with van der Waals surface area (Å²) in [6, 6.07) is 3.55. The molecule has 2 atom stereocenters. The van der Waals surface area contributed by atoms with Crippen molar-refractivity contribution in [1.29, 1.82) is 0 Å². The number of hydrogen-bond donors (Lipinski definition) is 1. The van der Waals surface area contributed by atoms with Crippen LogP contribution in [0.1, 0.15) is 12.1 Å². The Morgan fingerprint density at radius 3 is 3.08 bits per heavy atom. The highest BCUT2D eigenvalue weighted by Crippen LogP contribution is 2.26. The van der Waals surface area contributed by atoms with Crippen LogP contribution in [-0.2, 0) is 9.47 Å². The summed E-state index contributed by atoms with van der Waals surface area (Å²) < 4.78 is 15.6. The highest BCUT2D eigenvalue weighted by Gasteiger charge is 2.28. The molecule has 0 radical (unpaired) electrons. The van der Waals surface area contributed by atoms with E-state index in [0.29, 0.717) is 12.4 Å². The van der Waals surface area contributed by atoms with Gasteiger partial charge in [0.2, 0.25) is 6.29 Å². The fourth-order valence-corrected chi connectivity index (χ4v) is 1.12. The molecule has 1 fully saturated rings. The van der Waals surface area contributed by atoms with Crippen molar-refractivity contribution in [3.05, 3.63) is 24.2 Å². The summed E-state index contributed by atoms with van der Waals surface area (Å²) in [5, 5.41) is 8.75. The van der Waals surface area contributed by atoms with Gasteiger partial charge in [-0.1, -0.05) is 0 Å². The minimum atomic E-state index is -0.447. The first kappa shape index (κ1) is 7.79. The Morgan fingerprint density at radius 1 is 1.58 bits per heavy atom. The predicted molar refractivity (Wildman–Crippen MR) is 39.4 cm³/mol. The lowest BCUT2D eigenvalue weighted by atomic mass is 10.4. The Balaban J connectivity index is 2.00. The van der Waals surface area contributed by atoms with Crippen molar-refractivity contribution in [2.24, 2.45) is 0 Å². The standard InChI is InChI=1S/C8H10O4/c9-4-6-5-11-8(12-6)7-2-1-3-10-7/h1-3,6,8-9H,4-5H2/t6-,8-/m1/s1. The highest BCUT2D eigenvalue weighted by molar-refractivity contribution is 5.00. The number of hydrogen-bond acceptors (Lipinski definition) is 4. The molecule has 0 aliphatic carbocycles. The van der Waals surface area contributed by atoms with Crippen molar-refractivity contribution in [3.8, 4) is 0 Å². The number of rotatable bonds is 2. The zero-order chi connectivity index (χ0) is 8.39. The summed E-state index contributed by atoms with van der Waals surface area (Å²) in [6.45, 7) is 0.402. The van der Waals surface area contributed by atoms with E-state index in [-0.39, 0.29) is 12.7 Å². The van der Waals surface area contributed by atoms with Gasteiger partial charge in [-0.15, -0.1) is 0 Å². The zero-order valence-electron chi connectivity index (χ0n) is 6.47. The molecule has 0 bridgehead atoms. The third-order valence-electron chi connectivity index (χ3n) is 1.73. The van der Waals surface area contributed by atoms with Crippen LogP contribution in [0.4, 0.5) is 0 Å². The molecule has 1 aliphatic rings. The van der Waals surface area contributed by atoms with E-state index in [2.05, 4.69) is 0 Å². The molecule has 66 valence electrons. The lowest BCUT2D eigenvalue weighted by Gasteiger charge is -2.05. The monoisotopic (exact) mass is 170 g/mol. The van der Waals surface area contributed by atoms with Crippen LogP contribution in [0.25, 0.3) is 0 Å². The van der Waals surface area contributed by atoms with Crippen LogP contribution >= 0.6 is 0 Å². The van der Waals surface area contributed by atoms with Crippen molar-refractivity contribution in [1.82, 2.24) is 0 Å². The molecule has 12 heavy (non-hydrogen) atoms. The van der Waals surface area contributed by atoms with Gasteiger partial charge in [0.1, 0.15) is 6.10 Å². The van der Waals surface area contributed by atoms with Crippen LogP contribution in [0.15, 0.2) is 22.8 Å². The SMILES string of the molecule is OC[C@@H]1CO[C@@H](c2ccco2)O1. The van der Waals surface area contributed by atoms with Gasteiger partial charge in [0, 0.05) is 0 Å². The molecule has 1 aromatic rings. The van der Waals surface area contributed by atoms with Crippen molar-refractivity contribution in [2.45, 2.75) is 12.4 Å². The molecule has 4 nitrogen and oxygen atoms in total. The van der Waals surface area contributed by atoms with Crippen LogP contribution in [0.5, 0.6) is 0 Å². The van der Waals surface area contributed by atoms with E-state index >= 15 is 0 Å². The quantitative estimate of drug-likeness (QED) is 0.709. The average molecular weight is 170 g/mol. The molecule has 4 heteroatoms. The van der Waals surface area contributed by atoms with Crippen molar-refractivity contribution >= 4 is 0 Å². The average Bonchev–Trinajstić information content (AvgIpc) is 2.75. The van der Waals surface area contributed by atoms with Crippen LogP contribution in [0.2, 0.25) is 0 Å². The van der Waals surface area contributed by atoms with E-state index in [9.17, 15) is 0 Å². The van der Waals surface area contributed by atoms with Gasteiger partial charge in [0.05, 0.1) is 19.5 Å². The second kappa shape index (κ2) is 3.26. The molecule has 1 N–H and O–H groups in total. The van der Waals surface area contributed by atoms with Gasteiger partial charge in [-0.05, 0) is 12.1 Å². The van der Waals surface area contributed by atoms with Crippen LogP contribution in [0.3, 0.4) is 0 Å². The minimum Gasteiger partial charge on any atom is -0.464 e. The molecule has 0 aromatic carbocycles. The summed E-state index contributed by atoms with van der Waals surface area (Å²) >= 11 is 0. The second-order valence-electron chi connectivity index (χ2n) is 2.62. The molecule has 0 unspecified atom stereocenters. The topological polar surface area (TPSA) is 51.8 Å². The fraction of sp³-hybridized carbons (Fsp3) is 0.500. The maximum atomic E-state index is 8.75. The zero-order valence-corrected chi connectivity index (χ0v) is 6.47. The van der Waals surface area contributed by atoms with Crippen molar-refractivity contribution in [3.63, 3.8) is 0 Å². The summed E-state index contributed by atoms with van der Waals surface area (Å²) in [4.78, 5) is 0. The van der Waals surface area contributed by atoms with Gasteiger partial charge in [-0.25, -0.2) is 0 Å². The summed E-state index contributed by atoms with van der Waals surface area (Å²) in [5.41, 5.74) is 0. The van der Waals surface area contributed by atoms with E-state index in [0.717, 1.165) is 0 Å². The highest BCUT2D eigenvalue weighted by atomic mass is 16.7. The smallest absolute Gasteiger partial charge is 0.217 e. The van der Waals surface area contributed by atoms with Crippen LogP contribution < -0.4 is 0 Å². The molecule has 1 aliphatic heterocycles. The first-order valence-corrected chi connectivity index (χ1v) is 3.81. The lowest BCUT2D eigenvalue weighted by Crippen LogP contribution is -2.14. The van der Waals surface area contributed by atoms with E-state index in [1.165, 1.54) is 0 Å². The summed E-state index contributed by atoms with van der Waals surface area (Å²) in [6.07, 6.45) is 0.895. The largest absolute Gasteiger partial charge is 0.464 e. The van der Waals surface area contributed by atoms with Crippen molar-refractivity contribution in [2.75, 3.05) is 13.2 Å². The Hall–Kier alpha value is -0.840. The van der Waals surface area contributed by atoms with Crippen LogP contribution in [0, 0.1) is 0 Å². The lowest BCUT2D eigenvalue weighted by molar-refractivity contribution is -0.0803. The Kier molecular flexibility index (Phi) is 2.12. The second-order valence-corrected chi connectivity index (χ2v) is 2.62. The van der Waals surface area contributed by atoms with Gasteiger partial charge in [0.15, 0.2) is 5.76 Å². The first-order chi connectivity index (χ1) is 5.90. The number of furan rings is 1. The minimum absolute atomic E-state index is 0.0167. The van der Waals surface area contributed by atoms with Gasteiger partial charge < -0.3 is 19.0 Å². The Morgan fingerprint density at radius 2 is 2.50 bits per heavy atom. The van der Waals surface area contributed by atoms with Gasteiger partial charge >= 0.3 is 0 Å². The van der Waals surface area contributed by atoms with Gasteiger partial charge in [-0.2, -0.15) is 0 Å². The molecule has 2 rings (SSSR count). The third-order valence-corrected chi connectivity index (χ3v) is 1.73. The normalized spacial score (nSPS) is 29.4. The molecule has 1 aromatic heterocycles. The molecule has 0 amide bonds. The van der Waals surface area contributed by atoms with E-state index in [1.54, 1.807) is 18.4 Å². The number of aliphatic hydroxyl groups is 1. The molecular formula is C8H10O4. The van der Waals surface area contributed by atoms with E-state index in [1.807, 2.05) is 0 Å². The first-order valence-electron chi connectivity index (χ1n) is 3.81. The summed E-state index contributed by atoms with van der Waals surface area (Å²) in [5.74, 6) is 0.644. The third kappa shape index (κ3) is 1.36. The van der Waals surface area contributed by atoms with E-state index < -0.39 is 6.29 Å². The number of ether oxygens (including phenoxy) is 2. The molecular weight excluding hydrogens is 160 g/mol. The molecule has 1 saturated heterocycles. The molecule has 0 spiro atoms. The fourth-order valence-electron chi connectivity index (χ4n) is 1.12. The van der Waals surface area contributed by atoms with Crippen LogP contribution in [-0.4, -0.2) is 24.4 Å². The molecule has 0 saturated carbocycles. The van der Waals surface area contributed by atoms with Gasteiger partial charge in [-0.3, -0.25) is 0 Å².